The first-order valence-corrected chi connectivity index (χ1v) is 8.06. The second kappa shape index (κ2) is 5.65. The van der Waals surface area contributed by atoms with E-state index in [1.54, 1.807) is 6.33 Å². The SMILES string of the molecule is O=C(CCc1cnc2c(c1)CCC2)C1NCCc2[nH]cnc21. The van der Waals surface area contributed by atoms with Gasteiger partial charge in [0.1, 0.15) is 6.04 Å². The number of nitrogens with zero attached hydrogens (tertiary/aromatic N) is 2. The summed E-state index contributed by atoms with van der Waals surface area (Å²) < 4.78 is 0. The first-order valence-electron chi connectivity index (χ1n) is 8.06. The fraction of sp³-hybridized carbons (Fsp3) is 0.471. The average molecular weight is 296 g/mol. The molecule has 2 N–H and O–H groups in total. The molecule has 2 aliphatic rings. The molecule has 1 atom stereocenters. The van der Waals surface area contributed by atoms with Crippen LogP contribution in [0, 0.1) is 0 Å². The van der Waals surface area contributed by atoms with Crippen molar-refractivity contribution in [3.63, 3.8) is 0 Å². The fourth-order valence-electron chi connectivity index (χ4n) is 3.51. The predicted octanol–water partition coefficient (Wildman–Crippen LogP) is 1.68. The van der Waals surface area contributed by atoms with E-state index in [2.05, 4.69) is 26.3 Å². The van der Waals surface area contributed by atoms with Crippen LogP contribution in [0.4, 0.5) is 0 Å². The molecule has 5 nitrogen and oxygen atoms in total. The quantitative estimate of drug-likeness (QED) is 0.900. The maximum absolute atomic E-state index is 12.5. The summed E-state index contributed by atoms with van der Waals surface area (Å²) >= 11 is 0. The monoisotopic (exact) mass is 296 g/mol. The zero-order chi connectivity index (χ0) is 14.9. The van der Waals surface area contributed by atoms with Gasteiger partial charge in [-0.05, 0) is 36.8 Å². The molecule has 0 fully saturated rings. The van der Waals surface area contributed by atoms with Gasteiger partial charge in [0.2, 0.25) is 0 Å². The molecule has 3 heterocycles. The van der Waals surface area contributed by atoms with Crippen LogP contribution in [-0.2, 0) is 30.5 Å². The number of rotatable bonds is 4. The molecule has 0 spiro atoms. The predicted molar refractivity (Wildman–Crippen MR) is 82.6 cm³/mol. The van der Waals surface area contributed by atoms with E-state index in [-0.39, 0.29) is 11.8 Å². The zero-order valence-electron chi connectivity index (χ0n) is 12.6. The van der Waals surface area contributed by atoms with E-state index in [0.29, 0.717) is 6.42 Å². The molecule has 0 radical (unpaired) electrons. The minimum atomic E-state index is -0.252. The molecule has 4 rings (SSSR count). The maximum Gasteiger partial charge on any atom is 0.156 e. The van der Waals surface area contributed by atoms with Crippen molar-refractivity contribution in [3.05, 3.63) is 46.8 Å². The molecule has 2 aromatic rings. The number of aromatic nitrogens is 3. The lowest BCUT2D eigenvalue weighted by Crippen LogP contribution is -2.35. The molecule has 114 valence electrons. The number of carbonyl (C=O) groups is 1. The van der Waals surface area contributed by atoms with Crippen molar-refractivity contribution >= 4 is 5.78 Å². The number of fused-ring (bicyclic) bond motifs is 2. The van der Waals surface area contributed by atoms with Gasteiger partial charge in [0.15, 0.2) is 5.78 Å². The highest BCUT2D eigenvalue weighted by atomic mass is 16.1. The van der Waals surface area contributed by atoms with Crippen LogP contribution in [0.15, 0.2) is 18.6 Å². The van der Waals surface area contributed by atoms with E-state index in [1.165, 1.54) is 23.2 Å². The Balaban J connectivity index is 1.43. The minimum absolute atomic E-state index is 0.216. The number of aromatic amines is 1. The third kappa shape index (κ3) is 2.46. The molecule has 0 aromatic carbocycles. The van der Waals surface area contributed by atoms with Gasteiger partial charge in [-0.25, -0.2) is 4.98 Å². The largest absolute Gasteiger partial charge is 0.348 e. The smallest absolute Gasteiger partial charge is 0.156 e. The summed E-state index contributed by atoms with van der Waals surface area (Å²) in [6.45, 7) is 0.825. The number of hydrogen-bond acceptors (Lipinski definition) is 4. The molecular formula is C17H20N4O. The lowest BCUT2D eigenvalue weighted by atomic mass is 9.97. The number of H-pyrrole nitrogens is 1. The van der Waals surface area contributed by atoms with Crippen molar-refractivity contribution in [1.29, 1.82) is 0 Å². The highest BCUT2D eigenvalue weighted by Crippen LogP contribution is 2.23. The van der Waals surface area contributed by atoms with Gasteiger partial charge in [-0.1, -0.05) is 6.07 Å². The Morgan fingerprint density at radius 1 is 1.27 bits per heavy atom. The Morgan fingerprint density at radius 3 is 3.18 bits per heavy atom. The third-order valence-electron chi connectivity index (χ3n) is 4.71. The van der Waals surface area contributed by atoms with Crippen molar-refractivity contribution in [2.75, 3.05) is 6.54 Å². The van der Waals surface area contributed by atoms with Gasteiger partial charge in [0.25, 0.3) is 0 Å². The van der Waals surface area contributed by atoms with Gasteiger partial charge in [-0.2, -0.15) is 0 Å². The lowest BCUT2D eigenvalue weighted by molar-refractivity contribution is -0.121. The number of pyridine rings is 1. The van der Waals surface area contributed by atoms with Gasteiger partial charge in [0, 0.05) is 37.0 Å². The van der Waals surface area contributed by atoms with E-state index in [4.69, 9.17) is 0 Å². The van der Waals surface area contributed by atoms with E-state index in [9.17, 15) is 4.79 Å². The summed E-state index contributed by atoms with van der Waals surface area (Å²) in [5.41, 5.74) is 5.76. The highest BCUT2D eigenvalue weighted by Gasteiger charge is 2.27. The summed E-state index contributed by atoms with van der Waals surface area (Å²) in [6.07, 6.45) is 9.26. The average Bonchev–Trinajstić information content (AvgIpc) is 3.20. The van der Waals surface area contributed by atoms with Crippen molar-refractivity contribution in [3.8, 4) is 0 Å². The van der Waals surface area contributed by atoms with Crippen molar-refractivity contribution in [1.82, 2.24) is 20.3 Å². The van der Waals surface area contributed by atoms with Crippen LogP contribution in [0.3, 0.4) is 0 Å². The molecular weight excluding hydrogens is 276 g/mol. The molecule has 0 saturated carbocycles. The minimum Gasteiger partial charge on any atom is -0.348 e. The van der Waals surface area contributed by atoms with Crippen LogP contribution in [0.1, 0.15) is 47.1 Å². The second-order valence-electron chi connectivity index (χ2n) is 6.17. The van der Waals surface area contributed by atoms with Crippen LogP contribution in [0.2, 0.25) is 0 Å². The first kappa shape index (κ1) is 13.6. The Hall–Kier alpha value is -2.01. The summed E-state index contributed by atoms with van der Waals surface area (Å²) in [5, 5.41) is 3.29. The Kier molecular flexibility index (Phi) is 3.50. The van der Waals surface area contributed by atoms with Crippen LogP contribution < -0.4 is 5.32 Å². The van der Waals surface area contributed by atoms with Crippen LogP contribution in [0.25, 0.3) is 0 Å². The Morgan fingerprint density at radius 2 is 2.23 bits per heavy atom. The molecule has 2 aromatic heterocycles. The zero-order valence-corrected chi connectivity index (χ0v) is 12.6. The summed E-state index contributed by atoms with van der Waals surface area (Å²) in [5.74, 6) is 0.216. The van der Waals surface area contributed by atoms with Crippen LogP contribution >= 0.6 is 0 Å². The van der Waals surface area contributed by atoms with Crippen LogP contribution in [0.5, 0.6) is 0 Å². The summed E-state index contributed by atoms with van der Waals surface area (Å²) in [6, 6.07) is 1.98. The number of hydrogen-bond donors (Lipinski definition) is 2. The maximum atomic E-state index is 12.5. The van der Waals surface area contributed by atoms with Gasteiger partial charge in [-0.15, -0.1) is 0 Å². The van der Waals surface area contributed by atoms with Gasteiger partial charge in [0.05, 0.1) is 12.0 Å². The molecule has 1 aliphatic heterocycles. The van der Waals surface area contributed by atoms with E-state index in [1.807, 2.05) is 6.20 Å². The number of carbonyl (C=O) groups excluding carboxylic acids is 1. The molecule has 1 aliphatic carbocycles. The standard InChI is InChI=1S/C17H20N4O/c22-15(17-16-14(6-7-18-17)20-10-21-16)5-4-11-8-12-2-1-3-13(12)19-9-11/h8-10,17-18H,1-7H2,(H,20,21). The molecule has 5 heteroatoms. The number of aryl methyl sites for hydroxylation is 3. The van der Waals surface area contributed by atoms with Crippen molar-refractivity contribution < 1.29 is 4.79 Å². The Labute approximate surface area is 129 Å². The lowest BCUT2D eigenvalue weighted by Gasteiger charge is -2.21. The van der Waals surface area contributed by atoms with E-state index in [0.717, 1.165) is 43.6 Å². The van der Waals surface area contributed by atoms with Crippen LogP contribution in [-0.4, -0.2) is 27.3 Å². The normalized spacial score (nSPS) is 19.7. The Bertz CT molecular complexity index is 706. The fourth-order valence-corrected chi connectivity index (χ4v) is 3.51. The van der Waals surface area contributed by atoms with E-state index < -0.39 is 0 Å². The number of imidazole rings is 1. The third-order valence-corrected chi connectivity index (χ3v) is 4.71. The first-order chi connectivity index (χ1) is 10.8. The van der Waals surface area contributed by atoms with Gasteiger partial charge in [-0.3, -0.25) is 9.78 Å². The molecule has 1 unspecified atom stereocenters. The molecule has 0 saturated heterocycles. The number of Topliss-reactive ketones (excluding diaryl/α,β-unsaturated/α-hetero) is 1. The molecule has 0 bridgehead atoms. The van der Waals surface area contributed by atoms with Gasteiger partial charge < -0.3 is 10.3 Å². The summed E-state index contributed by atoms with van der Waals surface area (Å²) in [7, 11) is 0. The second-order valence-corrected chi connectivity index (χ2v) is 6.17. The number of nitrogens with one attached hydrogen (secondary N) is 2. The van der Waals surface area contributed by atoms with Crippen molar-refractivity contribution in [2.24, 2.45) is 0 Å². The molecule has 0 amide bonds. The number of ketones is 1. The topological polar surface area (TPSA) is 70.7 Å². The van der Waals surface area contributed by atoms with E-state index >= 15 is 0 Å². The summed E-state index contributed by atoms with van der Waals surface area (Å²) in [4.78, 5) is 24.5. The molecule has 22 heavy (non-hydrogen) atoms. The highest BCUT2D eigenvalue weighted by molar-refractivity contribution is 5.85. The van der Waals surface area contributed by atoms with Crippen molar-refractivity contribution in [2.45, 2.75) is 44.6 Å². The van der Waals surface area contributed by atoms with Gasteiger partial charge >= 0.3 is 0 Å².